The average Bonchev–Trinajstić information content (AvgIpc) is 3.24. The number of nitro groups is 2. The van der Waals surface area contributed by atoms with Gasteiger partial charge in [0, 0.05) is 6.07 Å². The Morgan fingerprint density at radius 3 is 2.37 bits per heavy atom. The Kier molecular flexibility index (Phi) is 7.87. The molecule has 0 aromatic heterocycles. The number of benzene rings is 3. The SMILES string of the molecule is CCOc1ccc(N=C2NC(=O)/C(=C/c3ccc(Oc4ccc([N+](=O)[O-])cc4[N+](=O)[O-])c(OC)c3)S2)cc1. The fraction of sp³-hybridized carbons (Fsp3) is 0.120. The van der Waals surface area contributed by atoms with Gasteiger partial charge in [-0.1, -0.05) is 6.07 Å². The maximum atomic E-state index is 12.5. The maximum Gasteiger partial charge on any atom is 0.318 e. The molecule has 4 rings (SSSR count). The van der Waals surface area contributed by atoms with Gasteiger partial charge in [0.15, 0.2) is 16.7 Å². The number of hydrogen-bond donors (Lipinski definition) is 1. The Balaban J connectivity index is 1.54. The Morgan fingerprint density at radius 2 is 1.71 bits per heavy atom. The lowest BCUT2D eigenvalue weighted by Crippen LogP contribution is -2.19. The number of carbonyl (C=O) groups excluding carboxylic acids is 1. The summed E-state index contributed by atoms with van der Waals surface area (Å²) in [5.74, 6) is 0.600. The molecule has 0 atom stereocenters. The van der Waals surface area contributed by atoms with Gasteiger partial charge in [0.25, 0.3) is 11.6 Å². The zero-order valence-corrected chi connectivity index (χ0v) is 20.9. The lowest BCUT2D eigenvalue weighted by molar-refractivity contribution is -0.394. The lowest BCUT2D eigenvalue weighted by atomic mass is 10.2. The number of thioether (sulfide) groups is 1. The van der Waals surface area contributed by atoms with Crippen LogP contribution in [0.5, 0.6) is 23.0 Å². The molecule has 1 amide bonds. The van der Waals surface area contributed by atoms with E-state index in [1.165, 1.54) is 24.9 Å². The van der Waals surface area contributed by atoms with Crippen molar-refractivity contribution in [2.75, 3.05) is 13.7 Å². The van der Waals surface area contributed by atoms with Crippen molar-refractivity contribution < 1.29 is 28.9 Å². The van der Waals surface area contributed by atoms with E-state index in [-0.39, 0.29) is 23.2 Å². The standard InChI is InChI=1S/C25H20N4O8S/c1-3-36-18-8-5-16(6-9-18)26-25-27-24(30)23(38-25)13-15-4-10-21(22(12-15)35-2)37-20-11-7-17(28(31)32)14-19(20)29(33)34/h4-14H,3H2,1-2H3,(H,26,27,30)/b23-13-. The van der Waals surface area contributed by atoms with Crippen LogP contribution in [-0.2, 0) is 4.79 Å². The van der Waals surface area contributed by atoms with E-state index in [4.69, 9.17) is 14.2 Å². The molecular weight excluding hydrogens is 516 g/mol. The maximum absolute atomic E-state index is 12.5. The molecule has 0 aliphatic carbocycles. The van der Waals surface area contributed by atoms with E-state index in [9.17, 15) is 25.0 Å². The second-order valence-electron chi connectivity index (χ2n) is 7.59. The molecule has 38 heavy (non-hydrogen) atoms. The number of rotatable bonds is 9. The van der Waals surface area contributed by atoms with Crippen molar-refractivity contribution in [1.82, 2.24) is 5.32 Å². The van der Waals surface area contributed by atoms with Crippen molar-refractivity contribution in [3.63, 3.8) is 0 Å². The summed E-state index contributed by atoms with van der Waals surface area (Å²) in [6.07, 6.45) is 1.64. The highest BCUT2D eigenvalue weighted by molar-refractivity contribution is 8.18. The smallest absolute Gasteiger partial charge is 0.318 e. The monoisotopic (exact) mass is 536 g/mol. The molecule has 1 saturated heterocycles. The topological polar surface area (TPSA) is 155 Å². The third-order valence-electron chi connectivity index (χ3n) is 5.08. The summed E-state index contributed by atoms with van der Waals surface area (Å²) < 4.78 is 16.4. The van der Waals surface area contributed by atoms with Crippen molar-refractivity contribution in [3.8, 4) is 23.0 Å². The Labute approximate surface area is 220 Å². The number of nitrogens with zero attached hydrogens (tertiary/aromatic N) is 3. The first-order valence-corrected chi connectivity index (χ1v) is 11.9. The summed E-state index contributed by atoms with van der Waals surface area (Å²) in [6.45, 7) is 2.46. The van der Waals surface area contributed by atoms with Crippen LogP contribution in [0, 0.1) is 20.2 Å². The minimum Gasteiger partial charge on any atom is -0.494 e. The molecule has 1 aliphatic rings. The van der Waals surface area contributed by atoms with Gasteiger partial charge in [-0.15, -0.1) is 0 Å². The quantitative estimate of drug-likeness (QED) is 0.209. The van der Waals surface area contributed by atoms with E-state index < -0.39 is 21.2 Å². The summed E-state index contributed by atoms with van der Waals surface area (Å²) in [6, 6.07) is 15.0. The van der Waals surface area contributed by atoms with Gasteiger partial charge < -0.3 is 19.5 Å². The van der Waals surface area contributed by atoms with Crippen molar-refractivity contribution >= 4 is 46.0 Å². The van der Waals surface area contributed by atoms with E-state index in [2.05, 4.69) is 10.3 Å². The molecule has 0 spiro atoms. The largest absolute Gasteiger partial charge is 0.494 e. The van der Waals surface area contributed by atoms with Crippen LogP contribution < -0.4 is 19.5 Å². The molecule has 1 fully saturated rings. The highest BCUT2D eigenvalue weighted by atomic mass is 32.2. The normalized spacial score (nSPS) is 14.8. The van der Waals surface area contributed by atoms with Gasteiger partial charge in [0.2, 0.25) is 5.75 Å². The Bertz CT molecular complexity index is 1470. The first-order chi connectivity index (χ1) is 18.3. The van der Waals surface area contributed by atoms with Crippen LogP contribution in [-0.4, -0.2) is 34.6 Å². The van der Waals surface area contributed by atoms with Gasteiger partial charge in [-0.25, -0.2) is 4.99 Å². The van der Waals surface area contributed by atoms with Crippen molar-refractivity contribution in [1.29, 1.82) is 0 Å². The molecule has 0 unspecified atom stereocenters. The Hall–Kier alpha value is -4.91. The van der Waals surface area contributed by atoms with Crippen LogP contribution in [0.2, 0.25) is 0 Å². The molecular formula is C25H20N4O8S. The molecule has 1 N–H and O–H groups in total. The zero-order chi connectivity index (χ0) is 27.2. The summed E-state index contributed by atoms with van der Waals surface area (Å²) >= 11 is 1.17. The van der Waals surface area contributed by atoms with Crippen LogP contribution >= 0.6 is 11.8 Å². The van der Waals surface area contributed by atoms with Gasteiger partial charge in [0.1, 0.15) is 5.75 Å². The minimum atomic E-state index is -0.768. The minimum absolute atomic E-state index is 0.146. The molecule has 0 bridgehead atoms. The van der Waals surface area contributed by atoms with Crippen molar-refractivity contribution in [2.24, 2.45) is 4.99 Å². The molecule has 1 aliphatic heterocycles. The van der Waals surface area contributed by atoms with Crippen molar-refractivity contribution in [3.05, 3.63) is 91.4 Å². The van der Waals surface area contributed by atoms with E-state index in [1.54, 1.807) is 42.5 Å². The number of nitro benzene ring substituents is 2. The third-order valence-corrected chi connectivity index (χ3v) is 5.99. The predicted molar refractivity (Wildman–Crippen MR) is 141 cm³/mol. The van der Waals surface area contributed by atoms with Crippen molar-refractivity contribution in [2.45, 2.75) is 6.92 Å². The molecule has 1 heterocycles. The second kappa shape index (κ2) is 11.4. The second-order valence-corrected chi connectivity index (χ2v) is 8.62. The van der Waals surface area contributed by atoms with Crippen LogP contribution in [0.1, 0.15) is 12.5 Å². The van der Waals surface area contributed by atoms with E-state index in [0.29, 0.717) is 27.9 Å². The van der Waals surface area contributed by atoms with E-state index in [1.807, 2.05) is 6.92 Å². The number of ether oxygens (including phenoxy) is 3. The number of non-ortho nitro benzene ring substituents is 1. The molecule has 12 nitrogen and oxygen atoms in total. The number of aliphatic imine (C=N–C) groups is 1. The lowest BCUT2D eigenvalue weighted by Gasteiger charge is -2.11. The summed E-state index contributed by atoms with van der Waals surface area (Å²) in [4.78, 5) is 38.2. The average molecular weight is 537 g/mol. The molecule has 3 aromatic rings. The Morgan fingerprint density at radius 1 is 0.974 bits per heavy atom. The highest BCUT2D eigenvalue weighted by Gasteiger charge is 2.25. The highest BCUT2D eigenvalue weighted by Crippen LogP contribution is 2.39. The third kappa shape index (κ3) is 6.07. The van der Waals surface area contributed by atoms with Crippen LogP contribution in [0.4, 0.5) is 17.1 Å². The number of nitrogens with one attached hydrogen (secondary N) is 1. The van der Waals surface area contributed by atoms with Gasteiger partial charge in [-0.2, -0.15) is 0 Å². The van der Waals surface area contributed by atoms with Crippen LogP contribution in [0.3, 0.4) is 0 Å². The predicted octanol–water partition coefficient (Wildman–Crippen LogP) is 5.59. The molecule has 13 heteroatoms. The molecule has 0 saturated carbocycles. The van der Waals surface area contributed by atoms with Gasteiger partial charge in [-0.05, 0) is 72.8 Å². The van der Waals surface area contributed by atoms with E-state index in [0.717, 1.165) is 23.9 Å². The zero-order valence-electron chi connectivity index (χ0n) is 20.1. The fourth-order valence-electron chi connectivity index (χ4n) is 3.36. The molecule has 3 aromatic carbocycles. The summed E-state index contributed by atoms with van der Waals surface area (Å²) in [5, 5.41) is 25.5. The van der Waals surface area contributed by atoms with Gasteiger partial charge >= 0.3 is 5.69 Å². The number of carbonyl (C=O) groups is 1. The number of hydrogen-bond acceptors (Lipinski definition) is 10. The van der Waals surface area contributed by atoms with Gasteiger partial charge in [-0.3, -0.25) is 25.0 Å². The molecule has 194 valence electrons. The van der Waals surface area contributed by atoms with Gasteiger partial charge in [0.05, 0.1) is 40.2 Å². The summed E-state index contributed by atoms with van der Waals surface area (Å²) in [7, 11) is 1.39. The van der Waals surface area contributed by atoms with E-state index >= 15 is 0 Å². The van der Waals surface area contributed by atoms with Crippen LogP contribution in [0.15, 0.2) is 70.6 Å². The number of amidine groups is 1. The first kappa shape index (κ1) is 26.2. The number of amides is 1. The fourth-order valence-corrected chi connectivity index (χ4v) is 4.20. The summed E-state index contributed by atoms with van der Waals surface area (Å²) in [5.41, 5.74) is 0.259. The molecule has 0 radical (unpaired) electrons. The number of methoxy groups -OCH3 is 1. The van der Waals surface area contributed by atoms with Crippen LogP contribution in [0.25, 0.3) is 6.08 Å². The first-order valence-electron chi connectivity index (χ1n) is 11.1.